The van der Waals surface area contributed by atoms with Crippen molar-refractivity contribution < 1.29 is 23.8 Å². The van der Waals surface area contributed by atoms with Crippen molar-refractivity contribution in [3.63, 3.8) is 0 Å². The minimum Gasteiger partial charge on any atom is -0.755 e. The first-order valence-corrected chi connectivity index (χ1v) is 8.32. The van der Waals surface area contributed by atoms with Gasteiger partial charge in [-0.25, -0.2) is 4.79 Å². The van der Waals surface area contributed by atoms with Crippen LogP contribution in [0.4, 0.5) is 11.4 Å². The van der Waals surface area contributed by atoms with Crippen molar-refractivity contribution in [2.75, 3.05) is 4.31 Å². The fourth-order valence-electron chi connectivity index (χ4n) is 2.25. The molecule has 6 nitrogen and oxygen atoms in total. The van der Waals surface area contributed by atoms with E-state index in [9.17, 15) is 18.7 Å². The Morgan fingerprint density at radius 2 is 1.96 bits per heavy atom. The Balaban J connectivity index is 2.15. The third kappa shape index (κ3) is 2.79. The summed E-state index contributed by atoms with van der Waals surface area (Å²) in [5.41, 5.74) is 0.311. The van der Waals surface area contributed by atoms with Crippen LogP contribution in [0.15, 0.2) is 47.8 Å². The number of hydrogen-bond donors (Lipinski definition) is 2. The number of hydrogen-bond acceptors (Lipinski definition) is 5. The summed E-state index contributed by atoms with van der Waals surface area (Å²) in [6.07, 6.45) is 0. The quantitative estimate of drug-likeness (QED) is 0.705. The lowest BCUT2D eigenvalue weighted by molar-refractivity contribution is 0.0694. The van der Waals surface area contributed by atoms with E-state index in [1.54, 1.807) is 17.5 Å². The van der Waals surface area contributed by atoms with Crippen LogP contribution in [0.5, 0.6) is 5.75 Å². The van der Waals surface area contributed by atoms with Crippen LogP contribution in [0.2, 0.25) is 0 Å². The summed E-state index contributed by atoms with van der Waals surface area (Å²) in [5, 5.41) is 21.2. The molecular weight excluding hydrogens is 338 g/mol. The molecule has 1 unspecified atom stereocenters. The minimum absolute atomic E-state index is 0.157. The Bertz CT molecular complexity index is 921. The number of rotatable bonds is 4. The first-order valence-electron chi connectivity index (χ1n) is 6.41. The molecule has 2 N–H and O–H groups in total. The standard InChI is InChI=1S/C15H11NO5S2/c17-13-7-9(5-6-11(13)15(18)19)16(23(20)21)12-8-22-14-4-2-1-3-10(12)14/h1-8,17H,(H,18,19)(H,20,21)/p-1. The monoisotopic (exact) mass is 348 g/mol. The van der Waals surface area contributed by atoms with Gasteiger partial charge in [-0.1, -0.05) is 18.2 Å². The van der Waals surface area contributed by atoms with Gasteiger partial charge in [0, 0.05) is 21.5 Å². The van der Waals surface area contributed by atoms with Gasteiger partial charge >= 0.3 is 5.97 Å². The van der Waals surface area contributed by atoms with Gasteiger partial charge in [-0.3, -0.25) is 8.51 Å². The van der Waals surface area contributed by atoms with Gasteiger partial charge in [0.25, 0.3) is 0 Å². The number of carboxylic acid groups (broad SMARTS) is 1. The van der Waals surface area contributed by atoms with Crippen molar-refractivity contribution in [3.05, 3.63) is 53.4 Å². The Kier molecular flexibility index (Phi) is 4.03. The number of aromatic hydroxyl groups is 1. The Morgan fingerprint density at radius 3 is 2.61 bits per heavy atom. The van der Waals surface area contributed by atoms with E-state index in [1.165, 1.54) is 23.5 Å². The first-order chi connectivity index (χ1) is 11.0. The zero-order valence-corrected chi connectivity index (χ0v) is 13.1. The van der Waals surface area contributed by atoms with Gasteiger partial charge in [-0.15, -0.1) is 11.3 Å². The fourth-order valence-corrected chi connectivity index (χ4v) is 3.85. The molecule has 2 aromatic carbocycles. The van der Waals surface area contributed by atoms with E-state index in [1.807, 2.05) is 12.1 Å². The molecule has 0 aliphatic heterocycles. The second kappa shape index (κ2) is 5.99. The number of aromatic carboxylic acids is 1. The van der Waals surface area contributed by atoms with E-state index in [0.29, 0.717) is 5.69 Å². The zero-order chi connectivity index (χ0) is 16.6. The van der Waals surface area contributed by atoms with Crippen molar-refractivity contribution in [1.82, 2.24) is 0 Å². The SMILES string of the molecule is O=C(O)c1ccc(N(c2csc3ccccc23)S(=O)[O-])cc1O. The molecule has 3 aromatic rings. The summed E-state index contributed by atoms with van der Waals surface area (Å²) >= 11 is -1.24. The second-order valence-electron chi connectivity index (χ2n) is 4.64. The highest BCUT2D eigenvalue weighted by molar-refractivity contribution is 7.81. The van der Waals surface area contributed by atoms with Crippen molar-refractivity contribution in [2.24, 2.45) is 0 Å². The number of benzene rings is 2. The molecule has 0 aliphatic rings. The summed E-state index contributed by atoms with van der Waals surface area (Å²) in [7, 11) is 0. The lowest BCUT2D eigenvalue weighted by Gasteiger charge is -2.26. The van der Waals surface area contributed by atoms with Crippen molar-refractivity contribution in [2.45, 2.75) is 0 Å². The number of nitrogens with zero attached hydrogens (tertiary/aromatic N) is 1. The highest BCUT2D eigenvalue weighted by atomic mass is 32.2. The molecule has 0 saturated heterocycles. The van der Waals surface area contributed by atoms with Gasteiger partial charge in [-0.05, 0) is 18.2 Å². The number of thiophene rings is 1. The van der Waals surface area contributed by atoms with E-state index in [4.69, 9.17) is 5.11 Å². The van der Waals surface area contributed by atoms with Gasteiger partial charge in [0.15, 0.2) is 0 Å². The molecule has 1 atom stereocenters. The van der Waals surface area contributed by atoms with Gasteiger partial charge in [0.2, 0.25) is 0 Å². The molecule has 3 rings (SSSR count). The van der Waals surface area contributed by atoms with Crippen LogP contribution in [0, 0.1) is 0 Å². The molecule has 0 saturated carbocycles. The molecule has 0 spiro atoms. The largest absolute Gasteiger partial charge is 0.755 e. The Hall–Kier alpha value is -2.42. The normalized spacial score (nSPS) is 12.2. The van der Waals surface area contributed by atoms with Crippen molar-refractivity contribution in [1.29, 1.82) is 0 Å². The van der Waals surface area contributed by atoms with E-state index in [0.717, 1.165) is 20.5 Å². The maximum Gasteiger partial charge on any atom is 0.339 e. The average molecular weight is 348 g/mol. The lowest BCUT2D eigenvalue weighted by atomic mass is 10.1. The molecule has 0 radical (unpaired) electrons. The van der Waals surface area contributed by atoms with Crippen LogP contribution in [0.3, 0.4) is 0 Å². The number of phenols is 1. The molecule has 118 valence electrons. The second-order valence-corrected chi connectivity index (χ2v) is 6.35. The van der Waals surface area contributed by atoms with Crippen LogP contribution in [-0.2, 0) is 11.3 Å². The maximum absolute atomic E-state index is 11.7. The first kappa shape index (κ1) is 15.5. The van der Waals surface area contributed by atoms with Crippen molar-refractivity contribution in [3.8, 4) is 5.75 Å². The van der Waals surface area contributed by atoms with Gasteiger partial charge in [0.1, 0.15) is 11.3 Å². The third-order valence-corrected chi connectivity index (χ3v) is 4.93. The van der Waals surface area contributed by atoms with E-state index < -0.39 is 23.0 Å². The van der Waals surface area contributed by atoms with Gasteiger partial charge in [-0.2, -0.15) is 0 Å². The number of fused-ring (bicyclic) bond motifs is 1. The molecule has 0 amide bonds. The van der Waals surface area contributed by atoms with Crippen LogP contribution in [0.1, 0.15) is 10.4 Å². The predicted molar refractivity (Wildman–Crippen MR) is 87.9 cm³/mol. The molecular formula is C15H10NO5S2-. The Morgan fingerprint density at radius 1 is 1.22 bits per heavy atom. The molecule has 1 aromatic heterocycles. The number of anilines is 2. The third-order valence-electron chi connectivity index (χ3n) is 3.27. The molecule has 23 heavy (non-hydrogen) atoms. The van der Waals surface area contributed by atoms with Crippen LogP contribution < -0.4 is 4.31 Å². The Labute approximate surface area is 137 Å². The highest BCUT2D eigenvalue weighted by Crippen LogP contribution is 2.38. The topological polar surface area (TPSA) is 101 Å². The molecule has 1 heterocycles. The molecule has 0 bridgehead atoms. The van der Waals surface area contributed by atoms with Crippen LogP contribution >= 0.6 is 11.3 Å². The molecule has 0 aliphatic carbocycles. The lowest BCUT2D eigenvalue weighted by Crippen LogP contribution is -2.19. The van der Waals surface area contributed by atoms with E-state index in [2.05, 4.69) is 0 Å². The average Bonchev–Trinajstić information content (AvgIpc) is 2.91. The molecule has 8 heteroatoms. The number of carboxylic acids is 1. The number of carbonyl (C=O) groups is 1. The zero-order valence-electron chi connectivity index (χ0n) is 11.5. The maximum atomic E-state index is 11.7. The summed E-state index contributed by atoms with van der Waals surface area (Å²) in [4.78, 5) is 10.9. The summed E-state index contributed by atoms with van der Waals surface area (Å²) in [6, 6.07) is 11.0. The molecule has 0 fully saturated rings. The van der Waals surface area contributed by atoms with Crippen molar-refractivity contribution >= 4 is 50.0 Å². The smallest absolute Gasteiger partial charge is 0.339 e. The van der Waals surface area contributed by atoms with Crippen LogP contribution in [0.25, 0.3) is 10.1 Å². The summed E-state index contributed by atoms with van der Waals surface area (Å²) in [6.45, 7) is 0. The summed E-state index contributed by atoms with van der Waals surface area (Å²) in [5.74, 6) is -1.78. The van der Waals surface area contributed by atoms with Gasteiger partial charge < -0.3 is 14.8 Å². The van der Waals surface area contributed by atoms with E-state index >= 15 is 0 Å². The van der Waals surface area contributed by atoms with E-state index in [-0.39, 0.29) is 11.3 Å². The summed E-state index contributed by atoms with van der Waals surface area (Å²) < 4.78 is 25.3. The highest BCUT2D eigenvalue weighted by Gasteiger charge is 2.18. The predicted octanol–water partition coefficient (Wildman–Crippen LogP) is 3.24. The van der Waals surface area contributed by atoms with Crippen LogP contribution in [-0.4, -0.2) is 24.9 Å². The fraction of sp³-hybridized carbons (Fsp3) is 0. The minimum atomic E-state index is -2.63. The van der Waals surface area contributed by atoms with Gasteiger partial charge in [0.05, 0.1) is 22.6 Å².